The molecule has 2 aromatic heterocycles. The van der Waals surface area contributed by atoms with E-state index in [-0.39, 0.29) is 40.7 Å². The van der Waals surface area contributed by atoms with Crippen LogP contribution in [-0.4, -0.2) is 40.4 Å². The molecule has 3 amide bonds. The molecule has 0 saturated heterocycles. The summed E-state index contributed by atoms with van der Waals surface area (Å²) in [6, 6.07) is 9.33. The quantitative estimate of drug-likeness (QED) is 0.373. The van der Waals surface area contributed by atoms with Crippen LogP contribution in [0.4, 0.5) is 15.9 Å². The summed E-state index contributed by atoms with van der Waals surface area (Å²) in [6.45, 7) is 3.46. The van der Waals surface area contributed by atoms with Crippen molar-refractivity contribution in [2.24, 2.45) is 0 Å². The highest BCUT2D eigenvalue weighted by Crippen LogP contribution is 2.31. The van der Waals surface area contributed by atoms with E-state index in [4.69, 9.17) is 8.94 Å². The number of halogens is 1. The molecule has 1 atom stereocenters. The van der Waals surface area contributed by atoms with E-state index in [1.54, 1.807) is 38.1 Å². The normalized spacial score (nSPS) is 14.6. The zero-order valence-corrected chi connectivity index (χ0v) is 22.2. The van der Waals surface area contributed by atoms with Gasteiger partial charge in [-0.3, -0.25) is 19.3 Å². The fourth-order valence-corrected chi connectivity index (χ4v) is 5.14. The third-order valence-electron chi connectivity index (χ3n) is 6.20. The minimum atomic E-state index is -1.15. The molecule has 9 nitrogen and oxygen atoms in total. The fraction of sp³-hybridized carbons (Fsp3) is 0.407. The average Bonchev–Trinajstić information content (AvgIpc) is 3.50. The number of hydrogen-bond acceptors (Lipinski definition) is 7. The average molecular weight is 543 g/mol. The summed E-state index contributed by atoms with van der Waals surface area (Å²) in [4.78, 5) is 40.8. The molecule has 2 heterocycles. The molecule has 11 heteroatoms. The van der Waals surface area contributed by atoms with E-state index in [1.165, 1.54) is 23.1 Å². The van der Waals surface area contributed by atoms with E-state index in [9.17, 15) is 18.8 Å². The van der Waals surface area contributed by atoms with Gasteiger partial charge >= 0.3 is 0 Å². The van der Waals surface area contributed by atoms with Gasteiger partial charge in [-0.2, -0.15) is 0 Å². The van der Waals surface area contributed by atoms with Crippen molar-refractivity contribution in [2.75, 3.05) is 21.7 Å². The standard InChI is InChI=1S/C27H31FN4O5S/c1-17-11-12-22(36-17)26(27(35)29-20-8-4-3-5-9-20)32(21-10-6-7-19(28)14-21)25(34)16-38-15-24(33)30-23-13-18(2)37-31-23/h6-7,10-14,20,26H,3-5,8-9,15-16H2,1-2H3,(H,29,35)(H,30,31,33). The van der Waals surface area contributed by atoms with Gasteiger partial charge < -0.3 is 19.6 Å². The second-order valence-corrected chi connectivity index (χ2v) is 10.3. The SMILES string of the molecule is Cc1cc(NC(=O)CSCC(=O)N(c2cccc(F)c2)C(C(=O)NC2CCCCC2)c2ccc(C)o2)no1. The second-order valence-electron chi connectivity index (χ2n) is 9.30. The van der Waals surface area contributed by atoms with Gasteiger partial charge in [-0.1, -0.05) is 30.5 Å². The topological polar surface area (TPSA) is 118 Å². The predicted octanol–water partition coefficient (Wildman–Crippen LogP) is 4.92. The Hall–Kier alpha value is -3.60. The summed E-state index contributed by atoms with van der Waals surface area (Å²) in [5.41, 5.74) is 0.218. The molecule has 0 radical (unpaired) electrons. The number of anilines is 2. The van der Waals surface area contributed by atoms with Gasteiger partial charge in [0.2, 0.25) is 11.8 Å². The maximum Gasteiger partial charge on any atom is 0.251 e. The lowest BCUT2D eigenvalue weighted by Crippen LogP contribution is -2.47. The smallest absolute Gasteiger partial charge is 0.251 e. The summed E-state index contributed by atoms with van der Waals surface area (Å²) in [7, 11) is 0. The highest BCUT2D eigenvalue weighted by molar-refractivity contribution is 8.00. The van der Waals surface area contributed by atoms with Crippen LogP contribution in [0.2, 0.25) is 0 Å². The van der Waals surface area contributed by atoms with Crippen molar-refractivity contribution in [3.8, 4) is 0 Å². The molecule has 1 aliphatic rings. The molecule has 0 aliphatic heterocycles. The van der Waals surface area contributed by atoms with E-state index < -0.39 is 23.7 Å². The lowest BCUT2D eigenvalue weighted by Gasteiger charge is -2.32. The lowest BCUT2D eigenvalue weighted by atomic mass is 9.95. The number of amides is 3. The molecule has 1 saturated carbocycles. The van der Waals surface area contributed by atoms with E-state index in [2.05, 4.69) is 15.8 Å². The minimum absolute atomic E-state index is 0.00231. The van der Waals surface area contributed by atoms with Gasteiger partial charge in [0.05, 0.1) is 11.5 Å². The summed E-state index contributed by atoms with van der Waals surface area (Å²) >= 11 is 1.07. The lowest BCUT2D eigenvalue weighted by molar-refractivity contribution is -0.127. The van der Waals surface area contributed by atoms with Crippen LogP contribution in [0.15, 0.2) is 51.4 Å². The number of hydrogen-bond donors (Lipinski definition) is 2. The molecule has 4 rings (SSSR count). The highest BCUT2D eigenvalue weighted by atomic mass is 32.2. The Morgan fingerprint density at radius 1 is 1.08 bits per heavy atom. The van der Waals surface area contributed by atoms with Gasteiger partial charge in [0, 0.05) is 17.8 Å². The Morgan fingerprint density at radius 2 is 1.87 bits per heavy atom. The fourth-order valence-electron chi connectivity index (χ4n) is 4.47. The summed E-state index contributed by atoms with van der Waals surface area (Å²) in [6.07, 6.45) is 4.89. The number of carbonyl (C=O) groups excluding carboxylic acids is 3. The second kappa shape index (κ2) is 12.8. The molecule has 2 N–H and O–H groups in total. The summed E-state index contributed by atoms with van der Waals surface area (Å²) < 4.78 is 25.0. The van der Waals surface area contributed by atoms with Crippen LogP contribution in [-0.2, 0) is 14.4 Å². The number of nitrogens with zero attached hydrogens (tertiary/aromatic N) is 2. The van der Waals surface area contributed by atoms with E-state index in [0.717, 1.165) is 43.9 Å². The van der Waals surface area contributed by atoms with Crippen molar-refractivity contribution in [2.45, 2.75) is 58.0 Å². The van der Waals surface area contributed by atoms with Crippen molar-refractivity contribution in [1.82, 2.24) is 10.5 Å². The van der Waals surface area contributed by atoms with Crippen LogP contribution in [0.5, 0.6) is 0 Å². The number of nitrogens with one attached hydrogen (secondary N) is 2. The molecule has 1 aromatic carbocycles. The van der Waals surface area contributed by atoms with Crippen molar-refractivity contribution >= 4 is 41.0 Å². The van der Waals surface area contributed by atoms with Crippen molar-refractivity contribution in [1.29, 1.82) is 0 Å². The number of furan rings is 1. The monoisotopic (exact) mass is 542 g/mol. The Bertz CT molecular complexity index is 1270. The first kappa shape index (κ1) is 27.4. The van der Waals surface area contributed by atoms with Gasteiger partial charge in [0.25, 0.3) is 5.91 Å². The first-order valence-corrected chi connectivity index (χ1v) is 13.7. The Morgan fingerprint density at radius 3 is 2.53 bits per heavy atom. The molecule has 0 bridgehead atoms. The molecular formula is C27H31FN4O5S. The van der Waals surface area contributed by atoms with Gasteiger partial charge in [0.15, 0.2) is 11.9 Å². The number of aromatic nitrogens is 1. The predicted molar refractivity (Wildman–Crippen MR) is 142 cm³/mol. The first-order chi connectivity index (χ1) is 18.3. The maximum absolute atomic E-state index is 14.3. The summed E-state index contributed by atoms with van der Waals surface area (Å²) in [5.74, 6) is -0.236. The maximum atomic E-state index is 14.3. The molecule has 3 aromatic rings. The van der Waals surface area contributed by atoms with Crippen molar-refractivity contribution < 1.29 is 27.7 Å². The van der Waals surface area contributed by atoms with Crippen LogP contribution in [0.1, 0.15) is 55.4 Å². The molecule has 0 spiro atoms. The highest BCUT2D eigenvalue weighted by Gasteiger charge is 2.36. The molecule has 1 fully saturated rings. The molecule has 202 valence electrons. The first-order valence-electron chi connectivity index (χ1n) is 12.6. The van der Waals surface area contributed by atoms with Crippen LogP contribution in [0.25, 0.3) is 0 Å². The molecule has 1 unspecified atom stereocenters. The van der Waals surface area contributed by atoms with Crippen LogP contribution in [0.3, 0.4) is 0 Å². The number of carbonyl (C=O) groups is 3. The Balaban J connectivity index is 1.54. The van der Waals surface area contributed by atoms with Crippen LogP contribution in [0, 0.1) is 19.7 Å². The van der Waals surface area contributed by atoms with E-state index in [0.29, 0.717) is 11.5 Å². The van der Waals surface area contributed by atoms with Gasteiger partial charge in [0.1, 0.15) is 23.1 Å². The molecular weight excluding hydrogens is 511 g/mol. The van der Waals surface area contributed by atoms with E-state index >= 15 is 0 Å². The zero-order chi connectivity index (χ0) is 27.1. The number of benzene rings is 1. The number of thioether (sulfide) groups is 1. The van der Waals surface area contributed by atoms with Crippen LogP contribution < -0.4 is 15.5 Å². The Labute approximate surface area is 224 Å². The van der Waals surface area contributed by atoms with Crippen LogP contribution >= 0.6 is 11.8 Å². The minimum Gasteiger partial charge on any atom is -0.464 e. The third kappa shape index (κ3) is 7.25. The van der Waals surface area contributed by atoms with Crippen molar-refractivity contribution in [3.05, 3.63) is 65.6 Å². The largest absolute Gasteiger partial charge is 0.464 e. The van der Waals surface area contributed by atoms with Gasteiger partial charge in [-0.05, 0) is 57.0 Å². The van der Waals surface area contributed by atoms with E-state index in [1.807, 2.05) is 0 Å². The number of aryl methyl sites for hydroxylation is 2. The zero-order valence-electron chi connectivity index (χ0n) is 21.4. The van der Waals surface area contributed by atoms with Gasteiger partial charge in [-0.25, -0.2) is 4.39 Å². The Kier molecular flexibility index (Phi) is 9.22. The third-order valence-corrected chi connectivity index (χ3v) is 7.12. The number of rotatable bonds is 10. The summed E-state index contributed by atoms with van der Waals surface area (Å²) in [5, 5.41) is 9.40. The molecule has 38 heavy (non-hydrogen) atoms. The van der Waals surface area contributed by atoms with Crippen molar-refractivity contribution in [3.63, 3.8) is 0 Å². The molecule has 1 aliphatic carbocycles. The van der Waals surface area contributed by atoms with Gasteiger partial charge in [-0.15, -0.1) is 11.8 Å².